The van der Waals surface area contributed by atoms with Crippen molar-refractivity contribution in [3.63, 3.8) is 0 Å². The standard InChI is InChI=1S/C67H47N4O.Pt/c1-40-28-30-53-54(32-40)67-64-51-23-9-7-21-49(51)63(50-22-8-10-24-52(50)64)65(53)55-33-41(2)34-61(66(55)67)70-39-69(58-26-13-14-27-59(58)70)44-18-15-19-45(36-44)72-46-29-31-48-47-20-11-12-25-57(47)71(60(48)37-46)62-35-42(3)56(38-68-62)43-16-5-4-6-17-43;/h4-35,38-39,63-65,67H,1-3H3;/q-3;/i4D,5D,6D,16D,17D;. The van der Waals surface area contributed by atoms with Crippen molar-refractivity contribution in [1.82, 2.24) is 9.55 Å². The van der Waals surface area contributed by atoms with E-state index in [4.69, 9.17) is 16.6 Å². The maximum absolute atomic E-state index is 8.64. The van der Waals surface area contributed by atoms with Crippen LogP contribution in [-0.2, 0) is 21.1 Å². The van der Waals surface area contributed by atoms with Gasteiger partial charge in [0.25, 0.3) is 0 Å². The average Bonchev–Trinajstić information content (AvgIpc) is 3.94. The number of pyridine rings is 1. The van der Waals surface area contributed by atoms with Crippen LogP contribution in [-0.4, -0.2) is 9.55 Å². The van der Waals surface area contributed by atoms with Gasteiger partial charge in [0.2, 0.25) is 0 Å². The van der Waals surface area contributed by atoms with Gasteiger partial charge in [0, 0.05) is 90.6 Å². The zero-order valence-electron chi connectivity index (χ0n) is 45.1. The molecule has 2 unspecified atom stereocenters. The van der Waals surface area contributed by atoms with Gasteiger partial charge in [0.15, 0.2) is 0 Å². The number of aryl methyl sites for hydroxylation is 3. The third kappa shape index (κ3) is 6.61. The van der Waals surface area contributed by atoms with Crippen LogP contribution in [0.2, 0.25) is 0 Å². The second kappa shape index (κ2) is 16.8. The van der Waals surface area contributed by atoms with Crippen LogP contribution in [0, 0.1) is 39.6 Å². The van der Waals surface area contributed by atoms with Gasteiger partial charge in [-0.3, -0.25) is 0 Å². The van der Waals surface area contributed by atoms with E-state index in [9.17, 15) is 0 Å². The molecule has 0 radical (unpaired) electrons. The minimum atomic E-state index is -0.429. The van der Waals surface area contributed by atoms with Crippen LogP contribution in [0.3, 0.4) is 0 Å². The minimum Gasteiger partial charge on any atom is -0.509 e. The average molecular weight is 1120 g/mol. The topological polar surface area (TPSA) is 33.5 Å². The predicted molar refractivity (Wildman–Crippen MR) is 291 cm³/mol. The summed E-state index contributed by atoms with van der Waals surface area (Å²) in [5, 5.41) is 1.97. The van der Waals surface area contributed by atoms with E-state index in [1.54, 1.807) is 6.20 Å². The summed E-state index contributed by atoms with van der Waals surface area (Å²) >= 11 is 0. The van der Waals surface area contributed by atoms with Crippen molar-refractivity contribution in [3.05, 3.63) is 280 Å². The Morgan fingerprint density at radius 1 is 0.534 bits per heavy atom. The molecule has 1 aliphatic heterocycles. The second-order valence-electron chi connectivity index (χ2n) is 19.7. The number of hydrogen-bond donors (Lipinski definition) is 0. The fourth-order valence-corrected chi connectivity index (χ4v) is 12.8. The minimum absolute atomic E-state index is 0. The smallest absolute Gasteiger partial charge is 0.135 e. The monoisotopic (exact) mass is 1120 g/mol. The molecule has 0 N–H and O–H groups in total. The number of aromatic nitrogens is 2. The number of rotatable bonds is 6. The summed E-state index contributed by atoms with van der Waals surface area (Å²) in [4.78, 5) is 9.51. The number of ether oxygens (including phenoxy) is 1. The van der Waals surface area contributed by atoms with E-state index in [-0.39, 0.29) is 74.5 Å². The first kappa shape index (κ1) is 38.7. The third-order valence-electron chi connectivity index (χ3n) is 15.7. The molecular formula is C67H47N4OPt-3. The Labute approximate surface area is 447 Å². The molecule has 11 aromatic rings. The number of anilines is 4. The van der Waals surface area contributed by atoms with Crippen LogP contribution in [0.25, 0.3) is 38.8 Å². The Bertz CT molecular complexity index is 4290. The van der Waals surface area contributed by atoms with E-state index < -0.39 is 6.04 Å². The van der Waals surface area contributed by atoms with E-state index >= 15 is 0 Å². The molecule has 18 rings (SSSR count). The molecule has 4 bridgehead atoms. The molecule has 6 heteroatoms. The van der Waals surface area contributed by atoms with Crippen LogP contribution in [0.4, 0.5) is 22.7 Å². The molecule has 0 fully saturated rings. The Morgan fingerprint density at radius 3 is 1.93 bits per heavy atom. The van der Waals surface area contributed by atoms with Gasteiger partial charge < -0.3 is 19.1 Å². The van der Waals surface area contributed by atoms with Gasteiger partial charge in [0.1, 0.15) is 5.82 Å². The first-order valence-corrected chi connectivity index (χ1v) is 24.7. The van der Waals surface area contributed by atoms with Gasteiger partial charge in [-0.1, -0.05) is 144 Å². The van der Waals surface area contributed by atoms with Crippen LogP contribution in [0.15, 0.2) is 200 Å². The van der Waals surface area contributed by atoms with E-state index in [0.717, 1.165) is 38.9 Å². The molecule has 7 aliphatic rings. The van der Waals surface area contributed by atoms with E-state index in [1.165, 1.54) is 61.3 Å². The van der Waals surface area contributed by atoms with Gasteiger partial charge >= 0.3 is 0 Å². The van der Waals surface area contributed by atoms with E-state index in [1.807, 2.05) is 60.0 Å². The van der Waals surface area contributed by atoms with Crippen LogP contribution >= 0.6 is 0 Å². The molecular weight excluding hydrogens is 1070 g/mol. The summed E-state index contributed by atoms with van der Waals surface area (Å²) in [6.45, 7) is 8.58. The predicted octanol–water partition coefficient (Wildman–Crippen LogP) is 16.4. The zero-order chi connectivity index (χ0) is 52.1. The zero-order valence-corrected chi connectivity index (χ0v) is 42.3. The first-order chi connectivity index (χ1) is 37.5. The molecule has 0 saturated heterocycles. The van der Waals surface area contributed by atoms with Gasteiger partial charge in [-0.25, -0.2) is 4.98 Å². The van der Waals surface area contributed by atoms with Crippen molar-refractivity contribution in [1.29, 1.82) is 0 Å². The van der Waals surface area contributed by atoms with Crippen LogP contribution < -0.4 is 14.5 Å². The number of hydrogen-bond acceptors (Lipinski definition) is 4. The number of para-hydroxylation sites is 3. The molecule has 2 atom stereocenters. The van der Waals surface area contributed by atoms with Gasteiger partial charge in [-0.05, 0) is 118 Å². The molecule has 3 heterocycles. The van der Waals surface area contributed by atoms with Crippen molar-refractivity contribution in [2.45, 2.75) is 44.4 Å². The summed E-state index contributed by atoms with van der Waals surface area (Å²) < 4.78 is 50.7. The van der Waals surface area contributed by atoms with Crippen molar-refractivity contribution in [3.8, 4) is 28.4 Å². The number of fused-ring (bicyclic) bond motifs is 4. The summed E-state index contributed by atoms with van der Waals surface area (Å²) in [7, 11) is 0. The molecule has 5 nitrogen and oxygen atoms in total. The Kier molecular flexibility index (Phi) is 8.90. The van der Waals surface area contributed by atoms with Crippen LogP contribution in [0.5, 0.6) is 11.5 Å². The van der Waals surface area contributed by atoms with Gasteiger partial charge in [-0.15, -0.1) is 48.1 Å². The largest absolute Gasteiger partial charge is 0.509 e. The Hall–Kier alpha value is -7.98. The quantitative estimate of drug-likeness (QED) is 0.155. The first-order valence-electron chi connectivity index (χ1n) is 27.2. The SMILES string of the molecule is [2H]c1c([2H])c([2H])c(-c2cnc(-n3c4[c-]c(Oc5[c-]c(N6[CH-]N(c7cc(C)cc8c7C7c9cc(C)ccc9C8C8c9ccccc9C7c7ccccc78)c7ccccc76)ccc5)ccc4c4ccccc43)cc2C)c([2H])c1[2H].[Pt]. The van der Waals surface area contributed by atoms with Crippen LogP contribution in [0.1, 0.15) is 91.7 Å². The normalized spacial score (nSPS) is 18.5. The molecule has 0 saturated carbocycles. The van der Waals surface area contributed by atoms with Crippen molar-refractivity contribution in [2.75, 3.05) is 9.80 Å². The molecule has 2 aromatic heterocycles. The number of nitrogens with zero attached hydrogens (tertiary/aromatic N) is 4. The number of benzene rings is 9. The fraction of sp³-hybridized carbons (Fsp3) is 0.104. The maximum Gasteiger partial charge on any atom is 0.135 e. The van der Waals surface area contributed by atoms with Crippen molar-refractivity contribution in [2.24, 2.45) is 0 Å². The third-order valence-corrected chi connectivity index (χ3v) is 15.7. The second-order valence-corrected chi connectivity index (χ2v) is 19.7. The van der Waals surface area contributed by atoms with Gasteiger partial charge in [0.05, 0.1) is 6.85 Å². The summed E-state index contributed by atoms with van der Waals surface area (Å²) in [6, 6.07) is 64.6. The summed E-state index contributed by atoms with van der Waals surface area (Å²) in [5.74, 6) is 2.10. The van der Waals surface area contributed by atoms with Crippen molar-refractivity contribution < 1.29 is 32.7 Å². The molecule has 9 aromatic carbocycles. The molecule has 73 heavy (non-hydrogen) atoms. The summed E-state index contributed by atoms with van der Waals surface area (Å²) in [6.07, 6.45) is 1.59. The molecule has 6 aliphatic carbocycles. The van der Waals surface area contributed by atoms with E-state index in [2.05, 4.69) is 158 Å². The molecule has 0 spiro atoms. The molecule has 354 valence electrons. The Morgan fingerprint density at radius 2 is 1.18 bits per heavy atom. The van der Waals surface area contributed by atoms with Crippen molar-refractivity contribution >= 4 is 44.6 Å². The molecule has 0 amide bonds. The fourth-order valence-electron chi connectivity index (χ4n) is 12.8. The Balaban J connectivity index is 0.00000552. The maximum atomic E-state index is 8.64. The summed E-state index contributed by atoms with van der Waals surface area (Å²) in [5.41, 5.74) is 21.1. The van der Waals surface area contributed by atoms with E-state index in [0.29, 0.717) is 28.4 Å². The van der Waals surface area contributed by atoms with Gasteiger partial charge in [-0.2, -0.15) is 12.1 Å².